The summed E-state index contributed by atoms with van der Waals surface area (Å²) in [4.78, 5) is 16.9. The van der Waals surface area contributed by atoms with Gasteiger partial charge in [0.15, 0.2) is 0 Å². The maximum absolute atomic E-state index is 12.9. The lowest BCUT2D eigenvalue weighted by Crippen LogP contribution is -2.12. The highest BCUT2D eigenvalue weighted by Gasteiger charge is 2.13. The number of carboxylic acid groups (broad SMARTS) is 1. The Morgan fingerprint density at radius 2 is 1.79 bits per heavy atom. The van der Waals surface area contributed by atoms with Crippen molar-refractivity contribution >= 4 is 11.7 Å². The fraction of sp³-hybridized carbons (Fsp3) is 0.143. The Bertz CT molecular complexity index is 609. The van der Waals surface area contributed by atoms with E-state index < -0.39 is 5.97 Å². The summed E-state index contributed by atoms with van der Waals surface area (Å²) in [5, 5.41) is 8.99. The van der Waals surface area contributed by atoms with E-state index >= 15 is 0 Å². The number of aromatic nitrogens is 1. The van der Waals surface area contributed by atoms with Gasteiger partial charge in [-0.15, -0.1) is 0 Å². The van der Waals surface area contributed by atoms with Gasteiger partial charge in [0.2, 0.25) is 0 Å². The van der Waals surface area contributed by atoms with Crippen LogP contribution in [0.2, 0.25) is 0 Å². The van der Waals surface area contributed by atoms with Crippen molar-refractivity contribution in [1.29, 1.82) is 0 Å². The van der Waals surface area contributed by atoms with E-state index in [0.717, 1.165) is 5.69 Å². The second kappa shape index (κ2) is 5.06. The summed E-state index contributed by atoms with van der Waals surface area (Å²) in [6.07, 6.45) is 0. The van der Waals surface area contributed by atoms with Crippen LogP contribution in [0.1, 0.15) is 10.5 Å². The van der Waals surface area contributed by atoms with Crippen molar-refractivity contribution in [2.45, 2.75) is 0 Å². The Morgan fingerprint density at radius 3 is 2.32 bits per heavy atom. The van der Waals surface area contributed by atoms with E-state index in [1.165, 1.54) is 18.2 Å². The van der Waals surface area contributed by atoms with Crippen LogP contribution in [0.15, 0.2) is 36.4 Å². The number of benzene rings is 1. The maximum atomic E-state index is 12.9. The minimum Gasteiger partial charge on any atom is -0.477 e. The molecule has 0 aliphatic carbocycles. The average Bonchev–Trinajstić information content (AvgIpc) is 2.38. The van der Waals surface area contributed by atoms with Gasteiger partial charge in [0, 0.05) is 19.7 Å². The summed E-state index contributed by atoms with van der Waals surface area (Å²) in [7, 11) is 3.68. The molecule has 5 heteroatoms. The van der Waals surface area contributed by atoms with E-state index in [9.17, 15) is 9.18 Å². The first-order valence-corrected chi connectivity index (χ1v) is 5.66. The molecule has 0 fully saturated rings. The fourth-order valence-electron chi connectivity index (χ4n) is 1.75. The predicted molar refractivity (Wildman–Crippen MR) is 70.9 cm³/mol. The zero-order valence-electron chi connectivity index (χ0n) is 10.6. The Morgan fingerprint density at radius 1 is 1.16 bits per heavy atom. The molecular formula is C14H13FN2O2. The molecule has 0 bridgehead atoms. The first-order valence-electron chi connectivity index (χ1n) is 5.66. The monoisotopic (exact) mass is 260 g/mol. The molecule has 0 unspecified atom stereocenters. The lowest BCUT2D eigenvalue weighted by molar-refractivity contribution is 0.0690. The second-order valence-corrected chi connectivity index (χ2v) is 4.27. The first-order chi connectivity index (χ1) is 8.99. The van der Waals surface area contributed by atoms with E-state index in [-0.39, 0.29) is 11.5 Å². The number of anilines is 1. The van der Waals surface area contributed by atoms with Crippen molar-refractivity contribution in [3.8, 4) is 11.3 Å². The van der Waals surface area contributed by atoms with Crippen molar-refractivity contribution in [3.63, 3.8) is 0 Å². The van der Waals surface area contributed by atoms with E-state index in [4.69, 9.17) is 5.11 Å². The van der Waals surface area contributed by atoms with Gasteiger partial charge in [0.25, 0.3) is 0 Å². The molecule has 2 rings (SSSR count). The van der Waals surface area contributed by atoms with Crippen molar-refractivity contribution in [2.24, 2.45) is 0 Å². The molecule has 0 atom stereocenters. The Hall–Kier alpha value is -2.43. The highest BCUT2D eigenvalue weighted by molar-refractivity contribution is 5.88. The first kappa shape index (κ1) is 13.0. The highest BCUT2D eigenvalue weighted by Crippen LogP contribution is 2.28. The minimum atomic E-state index is -1.09. The topological polar surface area (TPSA) is 53.4 Å². The van der Waals surface area contributed by atoms with Crippen LogP contribution in [0.4, 0.5) is 10.1 Å². The highest BCUT2D eigenvalue weighted by atomic mass is 19.1. The van der Waals surface area contributed by atoms with Crippen molar-refractivity contribution in [1.82, 2.24) is 4.98 Å². The number of halogens is 1. The number of pyridine rings is 1. The number of carbonyl (C=O) groups is 1. The zero-order chi connectivity index (χ0) is 14.0. The molecule has 98 valence electrons. The largest absolute Gasteiger partial charge is 0.477 e. The third kappa shape index (κ3) is 2.70. The van der Waals surface area contributed by atoms with Gasteiger partial charge in [-0.1, -0.05) is 0 Å². The summed E-state index contributed by atoms with van der Waals surface area (Å²) in [5.74, 6) is -1.43. The smallest absolute Gasteiger partial charge is 0.354 e. The van der Waals surface area contributed by atoms with E-state index in [2.05, 4.69) is 4.98 Å². The van der Waals surface area contributed by atoms with Gasteiger partial charge in [-0.05, 0) is 36.4 Å². The summed E-state index contributed by atoms with van der Waals surface area (Å²) < 4.78 is 12.9. The van der Waals surface area contributed by atoms with Crippen LogP contribution in [0.5, 0.6) is 0 Å². The lowest BCUT2D eigenvalue weighted by atomic mass is 10.1. The van der Waals surface area contributed by atoms with E-state index in [1.807, 2.05) is 19.0 Å². The predicted octanol–water partition coefficient (Wildman–Crippen LogP) is 2.65. The molecule has 4 nitrogen and oxygen atoms in total. The third-order valence-electron chi connectivity index (χ3n) is 2.69. The van der Waals surface area contributed by atoms with Gasteiger partial charge in [0.05, 0.1) is 11.4 Å². The molecule has 1 heterocycles. The molecule has 1 aromatic heterocycles. The van der Waals surface area contributed by atoms with Crippen molar-refractivity contribution in [2.75, 3.05) is 19.0 Å². The van der Waals surface area contributed by atoms with Crippen molar-refractivity contribution in [3.05, 3.63) is 47.9 Å². The molecule has 1 N–H and O–H groups in total. The number of aromatic carboxylic acids is 1. The van der Waals surface area contributed by atoms with Crippen LogP contribution in [0.3, 0.4) is 0 Å². The molecular weight excluding hydrogens is 247 g/mol. The van der Waals surface area contributed by atoms with Gasteiger partial charge in [-0.3, -0.25) is 0 Å². The summed E-state index contributed by atoms with van der Waals surface area (Å²) >= 11 is 0. The molecule has 0 aliphatic heterocycles. The minimum absolute atomic E-state index is 0.0371. The number of rotatable bonds is 3. The Balaban J connectivity index is 2.60. The quantitative estimate of drug-likeness (QED) is 0.921. The number of nitrogens with zero attached hydrogens (tertiary/aromatic N) is 2. The average molecular weight is 260 g/mol. The van der Waals surface area contributed by atoms with E-state index in [0.29, 0.717) is 11.3 Å². The molecule has 0 radical (unpaired) electrons. The molecule has 0 aliphatic rings. The molecule has 0 saturated carbocycles. The van der Waals surface area contributed by atoms with Crippen LogP contribution in [0, 0.1) is 5.82 Å². The number of hydrogen-bond donors (Lipinski definition) is 1. The molecule has 2 aromatic rings. The van der Waals surface area contributed by atoms with Crippen LogP contribution < -0.4 is 4.90 Å². The molecule has 19 heavy (non-hydrogen) atoms. The standard InChI is InChI=1S/C14H13FN2O2/c1-17(2)12-8-7-11(14(18)19)16-13(12)9-3-5-10(15)6-4-9/h3-8H,1-2H3,(H,18,19). The van der Waals surface area contributed by atoms with Crippen LogP contribution in [-0.4, -0.2) is 30.2 Å². The SMILES string of the molecule is CN(C)c1ccc(C(=O)O)nc1-c1ccc(F)cc1. The van der Waals surface area contributed by atoms with Gasteiger partial charge in [-0.25, -0.2) is 14.2 Å². The summed E-state index contributed by atoms with van der Waals surface area (Å²) in [6, 6.07) is 8.94. The van der Waals surface area contributed by atoms with Gasteiger partial charge < -0.3 is 10.0 Å². The normalized spacial score (nSPS) is 10.3. The van der Waals surface area contributed by atoms with Crippen molar-refractivity contribution < 1.29 is 14.3 Å². The second-order valence-electron chi connectivity index (χ2n) is 4.27. The molecule has 0 spiro atoms. The Labute approximate surface area is 110 Å². The Kier molecular flexibility index (Phi) is 3.46. The number of carboxylic acids is 1. The molecule has 0 amide bonds. The van der Waals surface area contributed by atoms with Gasteiger partial charge in [-0.2, -0.15) is 0 Å². The fourth-order valence-corrected chi connectivity index (χ4v) is 1.75. The zero-order valence-corrected chi connectivity index (χ0v) is 10.6. The van der Waals surface area contributed by atoms with Crippen LogP contribution in [0.25, 0.3) is 11.3 Å². The van der Waals surface area contributed by atoms with Crippen LogP contribution in [-0.2, 0) is 0 Å². The van der Waals surface area contributed by atoms with E-state index in [1.54, 1.807) is 18.2 Å². The molecule has 1 aromatic carbocycles. The maximum Gasteiger partial charge on any atom is 0.354 e. The lowest BCUT2D eigenvalue weighted by Gasteiger charge is -2.17. The molecule has 0 saturated heterocycles. The van der Waals surface area contributed by atoms with Gasteiger partial charge in [0.1, 0.15) is 11.5 Å². The number of hydrogen-bond acceptors (Lipinski definition) is 3. The summed E-state index contributed by atoms with van der Waals surface area (Å²) in [6.45, 7) is 0. The third-order valence-corrected chi connectivity index (χ3v) is 2.69. The summed E-state index contributed by atoms with van der Waals surface area (Å²) in [5.41, 5.74) is 1.93. The van der Waals surface area contributed by atoms with Crippen LogP contribution >= 0.6 is 0 Å². The van der Waals surface area contributed by atoms with Gasteiger partial charge >= 0.3 is 5.97 Å².